The molecule has 136 valence electrons. The summed E-state index contributed by atoms with van der Waals surface area (Å²) in [6, 6.07) is 20.1. The third-order valence-corrected chi connectivity index (χ3v) is 5.67. The van der Waals surface area contributed by atoms with E-state index in [-0.39, 0.29) is 0 Å². The second-order valence-electron chi connectivity index (χ2n) is 6.00. The number of tetrazole rings is 1. The number of hydrogen-bond donors (Lipinski definition) is 2. The molecule has 0 unspecified atom stereocenters. The molecule has 0 aliphatic rings. The van der Waals surface area contributed by atoms with Crippen LogP contribution in [0.3, 0.4) is 0 Å². The molecule has 2 N–H and O–H groups in total. The van der Waals surface area contributed by atoms with Gasteiger partial charge in [0.15, 0.2) is 5.82 Å². The largest absolute Gasteiger partial charge is 0.339 e. The van der Waals surface area contributed by atoms with Crippen molar-refractivity contribution in [2.75, 3.05) is 5.32 Å². The zero-order valence-corrected chi connectivity index (χ0v) is 16.0. The molecule has 5 rings (SSSR count). The van der Waals surface area contributed by atoms with Crippen LogP contribution in [0.5, 0.6) is 0 Å². The van der Waals surface area contributed by atoms with E-state index in [0.717, 1.165) is 32.3 Å². The van der Waals surface area contributed by atoms with E-state index in [1.54, 1.807) is 22.3 Å². The first-order valence-electron chi connectivity index (χ1n) is 8.45. The number of hydrogen-bond acceptors (Lipinski definition) is 7. The molecule has 0 spiro atoms. The van der Waals surface area contributed by atoms with Gasteiger partial charge in [0.05, 0.1) is 15.9 Å². The van der Waals surface area contributed by atoms with E-state index in [4.69, 9.17) is 12.2 Å². The Kier molecular flexibility index (Phi) is 4.15. The minimum Gasteiger partial charge on any atom is -0.339 e. The maximum Gasteiger partial charge on any atom is 0.242 e. The van der Waals surface area contributed by atoms with Crippen molar-refractivity contribution in [3.8, 4) is 16.1 Å². The summed E-state index contributed by atoms with van der Waals surface area (Å²) < 4.78 is 3.03. The van der Waals surface area contributed by atoms with E-state index in [1.165, 1.54) is 5.56 Å². The van der Waals surface area contributed by atoms with Gasteiger partial charge in [-0.2, -0.15) is 5.21 Å². The first-order chi connectivity index (χ1) is 13.8. The first kappa shape index (κ1) is 16.7. The number of thiophene rings is 1. The van der Waals surface area contributed by atoms with Crippen molar-refractivity contribution >= 4 is 45.3 Å². The molecule has 9 heteroatoms. The quantitative estimate of drug-likeness (QED) is 0.422. The van der Waals surface area contributed by atoms with Gasteiger partial charge in [-0.1, -0.05) is 40.6 Å². The Hall–Kier alpha value is -3.43. The lowest BCUT2D eigenvalue weighted by Gasteiger charge is -2.07. The van der Waals surface area contributed by atoms with Crippen molar-refractivity contribution in [2.45, 2.75) is 0 Å². The van der Waals surface area contributed by atoms with Crippen LogP contribution in [0.4, 0.5) is 11.5 Å². The molecule has 0 saturated carbocycles. The number of aromatic nitrogens is 6. The lowest BCUT2D eigenvalue weighted by Crippen LogP contribution is -1.98. The second kappa shape index (κ2) is 6.95. The van der Waals surface area contributed by atoms with Gasteiger partial charge in [0.25, 0.3) is 0 Å². The lowest BCUT2D eigenvalue weighted by molar-refractivity contribution is 0.786. The van der Waals surface area contributed by atoms with Crippen molar-refractivity contribution in [1.29, 1.82) is 0 Å². The maximum absolute atomic E-state index is 5.13. The van der Waals surface area contributed by atoms with Gasteiger partial charge < -0.3 is 5.32 Å². The summed E-state index contributed by atoms with van der Waals surface area (Å²) in [6.07, 6.45) is 1.58. The fraction of sp³-hybridized carbons (Fsp3) is 0. The summed E-state index contributed by atoms with van der Waals surface area (Å²) in [5, 5.41) is 13.6. The molecule has 7 nitrogen and oxygen atoms in total. The molecular formula is C19H13N7S2. The first-order valence-corrected chi connectivity index (χ1v) is 9.68. The highest BCUT2D eigenvalue weighted by molar-refractivity contribution is 7.71. The Morgan fingerprint density at radius 2 is 1.82 bits per heavy atom. The number of rotatable bonds is 4. The molecule has 28 heavy (non-hydrogen) atoms. The van der Waals surface area contributed by atoms with Gasteiger partial charge in [0.2, 0.25) is 4.77 Å². The van der Waals surface area contributed by atoms with Crippen molar-refractivity contribution in [3.05, 3.63) is 71.8 Å². The molecule has 0 bridgehead atoms. The van der Waals surface area contributed by atoms with Crippen molar-refractivity contribution in [3.63, 3.8) is 0 Å². The van der Waals surface area contributed by atoms with Crippen molar-refractivity contribution < 1.29 is 0 Å². The van der Waals surface area contributed by atoms with Crippen LogP contribution >= 0.6 is 23.6 Å². The number of nitrogens with zero attached hydrogens (tertiary/aromatic N) is 5. The summed E-state index contributed by atoms with van der Waals surface area (Å²) in [6.45, 7) is 0. The SMILES string of the molecule is S=c1nn[nH]n1-c1ccc(Nc2ncnc3cc(-c4ccccc4)sc23)cc1. The molecule has 3 heterocycles. The molecule has 5 aromatic rings. The smallest absolute Gasteiger partial charge is 0.242 e. The van der Waals surface area contributed by atoms with E-state index >= 15 is 0 Å². The lowest BCUT2D eigenvalue weighted by atomic mass is 10.2. The van der Waals surface area contributed by atoms with Crippen LogP contribution in [-0.4, -0.2) is 30.2 Å². The van der Waals surface area contributed by atoms with Crippen molar-refractivity contribution in [1.82, 2.24) is 30.2 Å². The van der Waals surface area contributed by atoms with E-state index in [2.05, 4.69) is 49.0 Å². The zero-order chi connectivity index (χ0) is 18.9. The van der Waals surface area contributed by atoms with Gasteiger partial charge in [0.1, 0.15) is 6.33 Å². The monoisotopic (exact) mass is 403 g/mol. The molecule has 0 atom stereocenters. The predicted molar refractivity (Wildman–Crippen MR) is 113 cm³/mol. The average Bonchev–Trinajstić information content (AvgIpc) is 3.36. The summed E-state index contributed by atoms with van der Waals surface area (Å²) in [4.78, 5) is 10.0. The summed E-state index contributed by atoms with van der Waals surface area (Å²) in [5.41, 5.74) is 3.87. The van der Waals surface area contributed by atoms with E-state index in [9.17, 15) is 0 Å². The molecule has 3 aromatic heterocycles. The highest BCUT2D eigenvalue weighted by Gasteiger charge is 2.10. The summed E-state index contributed by atoms with van der Waals surface area (Å²) in [5.74, 6) is 0.782. The minimum atomic E-state index is 0.380. The molecule has 0 amide bonds. The topological polar surface area (TPSA) is 84.3 Å². The molecule has 0 aliphatic heterocycles. The van der Waals surface area contributed by atoms with E-state index in [1.807, 2.05) is 42.5 Å². The molecular weight excluding hydrogens is 390 g/mol. The minimum absolute atomic E-state index is 0.380. The summed E-state index contributed by atoms with van der Waals surface area (Å²) >= 11 is 6.80. The Morgan fingerprint density at radius 3 is 2.57 bits per heavy atom. The Balaban J connectivity index is 1.47. The average molecular weight is 403 g/mol. The van der Waals surface area contributed by atoms with Crippen LogP contribution < -0.4 is 5.32 Å². The summed E-state index contributed by atoms with van der Waals surface area (Å²) in [7, 11) is 0. The third-order valence-electron chi connectivity index (χ3n) is 4.23. The van der Waals surface area contributed by atoms with Gasteiger partial charge in [0, 0.05) is 10.6 Å². The Morgan fingerprint density at radius 1 is 1.00 bits per heavy atom. The van der Waals surface area contributed by atoms with Crippen LogP contribution in [0.25, 0.3) is 26.3 Å². The standard InChI is InChI=1S/C19H13N7S2/c27-19-23-24-25-26(19)14-8-6-13(7-9-14)22-18-17-15(20-11-21-18)10-16(28-17)12-4-2-1-3-5-12/h1-11H,(H,20,21,22)(H,23,25,27). The molecule has 0 aliphatic carbocycles. The van der Waals surface area contributed by atoms with Crippen LogP contribution in [0.15, 0.2) is 67.0 Å². The highest BCUT2D eigenvalue weighted by Crippen LogP contribution is 2.36. The van der Waals surface area contributed by atoms with E-state index in [0.29, 0.717) is 4.77 Å². The van der Waals surface area contributed by atoms with Gasteiger partial charge in [-0.15, -0.1) is 11.3 Å². The van der Waals surface area contributed by atoms with Gasteiger partial charge in [-0.05, 0) is 48.1 Å². The highest BCUT2D eigenvalue weighted by atomic mass is 32.1. The number of nitrogens with one attached hydrogen (secondary N) is 2. The van der Waals surface area contributed by atoms with Gasteiger partial charge >= 0.3 is 0 Å². The number of fused-ring (bicyclic) bond motifs is 1. The van der Waals surface area contributed by atoms with Gasteiger partial charge in [-0.25, -0.2) is 14.6 Å². The zero-order valence-electron chi connectivity index (χ0n) is 14.4. The second-order valence-corrected chi connectivity index (χ2v) is 7.42. The Bertz CT molecular complexity index is 1300. The normalized spacial score (nSPS) is 11.0. The number of aromatic amines is 1. The molecule has 0 radical (unpaired) electrons. The number of benzene rings is 2. The van der Waals surface area contributed by atoms with Crippen LogP contribution in [0, 0.1) is 4.77 Å². The molecule has 0 saturated heterocycles. The third kappa shape index (κ3) is 3.06. The fourth-order valence-electron chi connectivity index (χ4n) is 2.88. The predicted octanol–water partition coefficient (Wildman–Crippen LogP) is 4.74. The van der Waals surface area contributed by atoms with Gasteiger partial charge in [-0.3, -0.25) is 0 Å². The van der Waals surface area contributed by atoms with Crippen LogP contribution in [0.1, 0.15) is 0 Å². The van der Waals surface area contributed by atoms with Crippen molar-refractivity contribution in [2.24, 2.45) is 0 Å². The molecule has 2 aromatic carbocycles. The molecule has 0 fully saturated rings. The maximum atomic E-state index is 5.13. The fourth-order valence-corrected chi connectivity index (χ4v) is 4.13. The number of anilines is 2. The van der Waals surface area contributed by atoms with Crippen LogP contribution in [-0.2, 0) is 0 Å². The Labute approximate surface area is 168 Å². The van der Waals surface area contributed by atoms with E-state index < -0.39 is 0 Å². The van der Waals surface area contributed by atoms with Crippen LogP contribution in [0.2, 0.25) is 0 Å². The number of H-pyrrole nitrogens is 1.